The van der Waals surface area contributed by atoms with Crippen LogP contribution in [0, 0.1) is 5.92 Å². The average molecular weight is 327 g/mol. The minimum Gasteiger partial charge on any atom is -0.478 e. The van der Waals surface area contributed by atoms with Crippen molar-refractivity contribution >= 4 is 17.0 Å². The van der Waals surface area contributed by atoms with E-state index in [4.69, 9.17) is 4.98 Å². The Balaban J connectivity index is 1.69. The first-order valence-corrected chi connectivity index (χ1v) is 9.15. The van der Waals surface area contributed by atoms with Crippen LogP contribution in [-0.2, 0) is 13.1 Å². The lowest BCUT2D eigenvalue weighted by molar-refractivity contribution is 0.0697. The molecule has 0 spiro atoms. The molecule has 24 heavy (non-hydrogen) atoms. The number of aromatic nitrogens is 2. The van der Waals surface area contributed by atoms with Gasteiger partial charge in [-0.15, -0.1) is 0 Å². The molecule has 5 heteroatoms. The summed E-state index contributed by atoms with van der Waals surface area (Å²) < 4.78 is 2.29. The Labute approximate surface area is 142 Å². The molecular weight excluding hydrogens is 302 g/mol. The highest BCUT2D eigenvalue weighted by molar-refractivity contribution is 5.92. The number of hydrogen-bond donors (Lipinski definition) is 1. The van der Waals surface area contributed by atoms with Crippen LogP contribution in [-0.4, -0.2) is 38.6 Å². The third kappa shape index (κ3) is 3.05. The van der Waals surface area contributed by atoms with Crippen molar-refractivity contribution in [3.05, 3.63) is 29.6 Å². The minimum atomic E-state index is -0.870. The molecule has 5 nitrogen and oxygen atoms in total. The first-order chi connectivity index (χ1) is 11.7. The first kappa shape index (κ1) is 15.6. The van der Waals surface area contributed by atoms with Crippen LogP contribution in [0.3, 0.4) is 0 Å². The predicted molar refractivity (Wildman–Crippen MR) is 93.2 cm³/mol. The zero-order chi connectivity index (χ0) is 16.5. The number of piperidine rings is 1. The summed E-state index contributed by atoms with van der Waals surface area (Å²) in [4.78, 5) is 18.7. The van der Waals surface area contributed by atoms with Crippen molar-refractivity contribution in [2.45, 2.75) is 51.6 Å². The number of imidazole rings is 1. The number of hydrogen-bond acceptors (Lipinski definition) is 3. The molecule has 2 fully saturated rings. The molecule has 4 rings (SSSR count). The molecule has 2 aliphatic rings. The zero-order valence-corrected chi connectivity index (χ0v) is 14.1. The van der Waals surface area contributed by atoms with Crippen molar-refractivity contribution in [3.63, 3.8) is 0 Å². The van der Waals surface area contributed by atoms with Crippen LogP contribution >= 0.6 is 0 Å². The molecule has 2 heterocycles. The Morgan fingerprint density at radius 3 is 2.62 bits per heavy atom. The number of benzene rings is 1. The summed E-state index contributed by atoms with van der Waals surface area (Å²) in [7, 11) is 0. The van der Waals surface area contributed by atoms with Gasteiger partial charge in [-0.1, -0.05) is 12.8 Å². The van der Waals surface area contributed by atoms with Crippen LogP contribution in [0.5, 0.6) is 0 Å². The van der Waals surface area contributed by atoms with Crippen LogP contribution in [0.25, 0.3) is 11.0 Å². The summed E-state index contributed by atoms with van der Waals surface area (Å²) in [5.74, 6) is 0.947. The number of carbonyl (C=O) groups is 1. The lowest BCUT2D eigenvalue weighted by Gasteiger charge is -2.29. The van der Waals surface area contributed by atoms with E-state index in [1.165, 1.54) is 38.5 Å². The number of likely N-dealkylation sites (tertiary alicyclic amines) is 1. The van der Waals surface area contributed by atoms with E-state index in [0.29, 0.717) is 5.56 Å². The van der Waals surface area contributed by atoms with Crippen molar-refractivity contribution in [1.29, 1.82) is 0 Å². The largest absolute Gasteiger partial charge is 0.478 e. The van der Waals surface area contributed by atoms with Crippen molar-refractivity contribution in [2.24, 2.45) is 5.92 Å². The third-order valence-electron chi connectivity index (χ3n) is 5.55. The molecule has 0 bridgehead atoms. The smallest absolute Gasteiger partial charge is 0.335 e. The summed E-state index contributed by atoms with van der Waals surface area (Å²) in [6.07, 6.45) is 7.75. The fourth-order valence-electron chi connectivity index (χ4n) is 3.88. The van der Waals surface area contributed by atoms with Gasteiger partial charge in [0.15, 0.2) is 0 Å². The molecule has 2 aromatic rings. The minimum absolute atomic E-state index is 0.349. The molecule has 1 aromatic carbocycles. The third-order valence-corrected chi connectivity index (χ3v) is 5.55. The van der Waals surface area contributed by atoms with E-state index in [1.807, 2.05) is 6.07 Å². The second kappa shape index (κ2) is 6.55. The predicted octanol–water partition coefficient (Wildman–Crippen LogP) is 3.52. The van der Waals surface area contributed by atoms with Gasteiger partial charge >= 0.3 is 5.97 Å². The maximum atomic E-state index is 11.3. The van der Waals surface area contributed by atoms with Gasteiger partial charge in [-0.25, -0.2) is 9.78 Å². The lowest BCUT2D eigenvalue weighted by atomic mass is 9.85. The van der Waals surface area contributed by atoms with E-state index < -0.39 is 5.97 Å². The van der Waals surface area contributed by atoms with Crippen molar-refractivity contribution in [1.82, 2.24) is 14.5 Å². The molecule has 0 unspecified atom stereocenters. The number of nitrogens with zero attached hydrogens (tertiary/aromatic N) is 3. The van der Waals surface area contributed by atoms with E-state index in [2.05, 4.69) is 9.47 Å². The molecule has 128 valence electrons. The fraction of sp³-hybridized carbons (Fsp3) is 0.579. The molecule has 1 N–H and O–H groups in total. The molecular formula is C19H25N3O2. The Morgan fingerprint density at radius 2 is 1.96 bits per heavy atom. The molecule has 1 aliphatic carbocycles. The summed E-state index contributed by atoms with van der Waals surface area (Å²) in [5, 5.41) is 9.30. The monoisotopic (exact) mass is 327 g/mol. The highest BCUT2D eigenvalue weighted by Gasteiger charge is 2.23. The van der Waals surface area contributed by atoms with Gasteiger partial charge in [0.2, 0.25) is 0 Å². The van der Waals surface area contributed by atoms with Gasteiger partial charge in [-0.05, 0) is 62.9 Å². The van der Waals surface area contributed by atoms with Crippen LogP contribution in [0.15, 0.2) is 18.2 Å². The van der Waals surface area contributed by atoms with E-state index in [9.17, 15) is 9.90 Å². The molecule has 0 amide bonds. The topological polar surface area (TPSA) is 58.4 Å². The second-order valence-electron chi connectivity index (χ2n) is 7.28. The lowest BCUT2D eigenvalue weighted by Crippen LogP contribution is -2.31. The van der Waals surface area contributed by atoms with Crippen LogP contribution in [0.2, 0.25) is 0 Å². The normalized spacial score (nSPS) is 19.5. The molecule has 1 aliphatic heterocycles. The van der Waals surface area contributed by atoms with Gasteiger partial charge in [-0.2, -0.15) is 0 Å². The van der Waals surface area contributed by atoms with Crippen LogP contribution < -0.4 is 0 Å². The fourth-order valence-corrected chi connectivity index (χ4v) is 3.88. The summed E-state index contributed by atoms with van der Waals surface area (Å²) in [6.45, 7) is 4.15. The Morgan fingerprint density at radius 1 is 1.17 bits per heavy atom. The van der Waals surface area contributed by atoms with Gasteiger partial charge in [-0.3, -0.25) is 4.90 Å². The van der Waals surface area contributed by atoms with Gasteiger partial charge in [0.1, 0.15) is 5.82 Å². The van der Waals surface area contributed by atoms with Gasteiger partial charge < -0.3 is 9.67 Å². The van der Waals surface area contributed by atoms with E-state index in [0.717, 1.165) is 49.0 Å². The average Bonchev–Trinajstić information content (AvgIpc) is 2.88. The van der Waals surface area contributed by atoms with E-state index in [1.54, 1.807) is 12.1 Å². The number of fused-ring (bicyclic) bond motifs is 1. The Bertz CT molecular complexity index is 742. The van der Waals surface area contributed by atoms with Crippen LogP contribution in [0.1, 0.15) is 54.7 Å². The molecule has 1 aromatic heterocycles. The quantitative estimate of drug-likeness (QED) is 0.913. The highest BCUT2D eigenvalue weighted by Crippen LogP contribution is 2.30. The van der Waals surface area contributed by atoms with Gasteiger partial charge in [0.25, 0.3) is 0 Å². The summed E-state index contributed by atoms with van der Waals surface area (Å²) in [6, 6.07) is 5.31. The van der Waals surface area contributed by atoms with Gasteiger partial charge in [0, 0.05) is 6.54 Å². The highest BCUT2D eigenvalue weighted by atomic mass is 16.4. The SMILES string of the molecule is O=C(O)c1ccc2nc(CN3CCCCC3)n(CC3CCC3)c2c1. The zero-order valence-electron chi connectivity index (χ0n) is 14.1. The van der Waals surface area contributed by atoms with E-state index >= 15 is 0 Å². The summed E-state index contributed by atoms with van der Waals surface area (Å²) >= 11 is 0. The van der Waals surface area contributed by atoms with Crippen LogP contribution in [0.4, 0.5) is 0 Å². The second-order valence-corrected chi connectivity index (χ2v) is 7.28. The maximum absolute atomic E-state index is 11.3. The molecule has 1 saturated heterocycles. The van der Waals surface area contributed by atoms with Crippen molar-refractivity contribution in [3.8, 4) is 0 Å². The van der Waals surface area contributed by atoms with E-state index in [-0.39, 0.29) is 0 Å². The summed E-state index contributed by atoms with van der Waals surface area (Å²) in [5.41, 5.74) is 2.25. The van der Waals surface area contributed by atoms with Crippen molar-refractivity contribution in [2.75, 3.05) is 13.1 Å². The standard InChI is InChI=1S/C19H25N3O2/c23-19(24)15-7-8-16-17(11-15)22(12-14-5-4-6-14)18(20-16)13-21-9-2-1-3-10-21/h7-8,11,14H,1-6,9-10,12-13H2,(H,23,24). The Kier molecular flexibility index (Phi) is 4.27. The Hall–Kier alpha value is -1.88. The number of aromatic carboxylic acids is 1. The maximum Gasteiger partial charge on any atom is 0.335 e. The molecule has 1 saturated carbocycles. The molecule has 0 radical (unpaired) electrons. The molecule has 0 atom stereocenters. The van der Waals surface area contributed by atoms with Gasteiger partial charge in [0.05, 0.1) is 23.1 Å². The number of carboxylic acid groups (broad SMARTS) is 1. The number of rotatable bonds is 5. The first-order valence-electron chi connectivity index (χ1n) is 9.15. The van der Waals surface area contributed by atoms with Crippen molar-refractivity contribution < 1.29 is 9.90 Å². The number of carboxylic acids is 1.